The molecule has 0 aliphatic rings. The minimum absolute atomic E-state index is 0.0211. The van der Waals surface area contributed by atoms with E-state index in [9.17, 15) is 9.59 Å². The number of carboxylic acid groups (broad SMARTS) is 1. The van der Waals surface area contributed by atoms with Crippen molar-refractivity contribution >= 4 is 17.8 Å². The summed E-state index contributed by atoms with van der Waals surface area (Å²) >= 11 is 0. The van der Waals surface area contributed by atoms with E-state index in [1.54, 1.807) is 12.1 Å². The van der Waals surface area contributed by atoms with E-state index >= 15 is 0 Å². The van der Waals surface area contributed by atoms with E-state index in [-0.39, 0.29) is 5.78 Å². The lowest BCUT2D eigenvalue weighted by Crippen LogP contribution is -2.09. The van der Waals surface area contributed by atoms with Crippen LogP contribution in [0.1, 0.15) is 32.7 Å². The van der Waals surface area contributed by atoms with Gasteiger partial charge in [0.05, 0.1) is 12.8 Å². The smallest absolute Gasteiger partial charge is 0.341 e. The van der Waals surface area contributed by atoms with Gasteiger partial charge >= 0.3 is 5.97 Å². The first-order chi connectivity index (χ1) is 14.9. The van der Waals surface area contributed by atoms with Crippen LogP contribution >= 0.6 is 0 Å². The molecule has 0 saturated heterocycles. The van der Waals surface area contributed by atoms with Gasteiger partial charge in [0.15, 0.2) is 6.61 Å². The lowest BCUT2D eigenvalue weighted by Gasteiger charge is -2.08. The summed E-state index contributed by atoms with van der Waals surface area (Å²) in [4.78, 5) is 23.7. The second-order valence-electron chi connectivity index (χ2n) is 7.28. The van der Waals surface area contributed by atoms with Crippen molar-refractivity contribution in [2.24, 2.45) is 0 Å². The fourth-order valence-electron chi connectivity index (χ4n) is 3.19. The number of aryl methyl sites for hydroxylation is 2. The van der Waals surface area contributed by atoms with E-state index < -0.39 is 12.6 Å². The van der Waals surface area contributed by atoms with E-state index in [2.05, 4.69) is 0 Å². The second kappa shape index (κ2) is 9.80. The molecule has 0 spiro atoms. The highest BCUT2D eigenvalue weighted by Crippen LogP contribution is 2.24. The first-order valence-electron chi connectivity index (χ1n) is 9.84. The van der Waals surface area contributed by atoms with Crippen molar-refractivity contribution in [1.29, 1.82) is 0 Å². The molecule has 0 bridgehead atoms. The number of carboxylic acids is 1. The Kier molecular flexibility index (Phi) is 6.92. The molecule has 0 unspecified atom stereocenters. The SMILES string of the molecule is COc1cc(C=CCn2cc(C)cc2C(=O)c2ccc(C)cc2)cc(OCC(=O)O)c1. The topological polar surface area (TPSA) is 77.8 Å². The van der Waals surface area contributed by atoms with Gasteiger partial charge < -0.3 is 19.1 Å². The summed E-state index contributed by atoms with van der Waals surface area (Å²) in [5, 5.41) is 8.81. The molecule has 6 heteroatoms. The number of hydrogen-bond donors (Lipinski definition) is 1. The van der Waals surface area contributed by atoms with Crippen LogP contribution in [-0.4, -0.2) is 35.1 Å². The molecule has 0 fully saturated rings. The van der Waals surface area contributed by atoms with Crippen LogP contribution in [0.5, 0.6) is 11.5 Å². The largest absolute Gasteiger partial charge is 0.497 e. The van der Waals surface area contributed by atoms with E-state index in [1.165, 1.54) is 7.11 Å². The Bertz CT molecular complexity index is 1110. The van der Waals surface area contributed by atoms with E-state index in [1.807, 2.05) is 73.2 Å². The molecule has 2 aromatic carbocycles. The Morgan fingerprint density at radius 2 is 1.71 bits per heavy atom. The first-order valence-corrected chi connectivity index (χ1v) is 9.84. The molecule has 3 aromatic rings. The molecule has 1 heterocycles. The Morgan fingerprint density at radius 3 is 2.39 bits per heavy atom. The van der Waals surface area contributed by atoms with Crippen LogP contribution in [0.4, 0.5) is 0 Å². The van der Waals surface area contributed by atoms with E-state index in [4.69, 9.17) is 14.6 Å². The van der Waals surface area contributed by atoms with Gasteiger partial charge in [0, 0.05) is 24.4 Å². The Labute approximate surface area is 181 Å². The van der Waals surface area contributed by atoms with Crippen molar-refractivity contribution in [3.63, 3.8) is 0 Å². The monoisotopic (exact) mass is 419 g/mol. The number of nitrogens with zero attached hydrogens (tertiary/aromatic N) is 1. The fourth-order valence-corrected chi connectivity index (χ4v) is 3.19. The maximum atomic E-state index is 13.0. The average Bonchev–Trinajstić information content (AvgIpc) is 3.12. The minimum Gasteiger partial charge on any atom is -0.497 e. The number of benzene rings is 2. The quantitative estimate of drug-likeness (QED) is 0.516. The average molecular weight is 419 g/mol. The van der Waals surface area contributed by atoms with Crippen LogP contribution < -0.4 is 9.47 Å². The standard InChI is InChI=1S/C25H25NO5/c1-17-6-8-20(9-7-17)25(29)23-11-18(2)15-26(23)10-4-5-19-12-21(30-3)14-22(13-19)31-16-24(27)28/h4-9,11-15H,10,16H2,1-3H3,(H,27,28). The second-order valence-corrected chi connectivity index (χ2v) is 7.28. The minimum atomic E-state index is -1.05. The van der Waals surface area contributed by atoms with Gasteiger partial charge in [0.25, 0.3) is 0 Å². The maximum absolute atomic E-state index is 13.0. The molecule has 0 aliphatic carbocycles. The molecule has 31 heavy (non-hydrogen) atoms. The summed E-state index contributed by atoms with van der Waals surface area (Å²) in [5.41, 5.74) is 4.20. The number of ketones is 1. The van der Waals surface area contributed by atoms with Crippen molar-refractivity contribution in [3.8, 4) is 11.5 Å². The van der Waals surface area contributed by atoms with Crippen molar-refractivity contribution in [3.05, 3.63) is 88.8 Å². The molecule has 160 valence electrons. The molecule has 3 rings (SSSR count). The molecule has 0 radical (unpaired) electrons. The van der Waals surface area contributed by atoms with Crippen LogP contribution in [0.2, 0.25) is 0 Å². The van der Waals surface area contributed by atoms with Gasteiger partial charge in [-0.15, -0.1) is 0 Å². The number of allylic oxidation sites excluding steroid dienone is 1. The van der Waals surface area contributed by atoms with Gasteiger partial charge in [-0.3, -0.25) is 4.79 Å². The maximum Gasteiger partial charge on any atom is 0.341 e. The number of methoxy groups -OCH3 is 1. The Hall–Kier alpha value is -3.80. The number of aromatic nitrogens is 1. The van der Waals surface area contributed by atoms with Gasteiger partial charge in [-0.05, 0) is 43.2 Å². The van der Waals surface area contributed by atoms with Gasteiger partial charge in [0.2, 0.25) is 5.78 Å². The van der Waals surface area contributed by atoms with Crippen molar-refractivity contribution in [2.75, 3.05) is 13.7 Å². The summed E-state index contributed by atoms with van der Waals surface area (Å²) in [5.74, 6) is -0.0936. The van der Waals surface area contributed by atoms with Crippen LogP contribution in [0, 0.1) is 13.8 Å². The van der Waals surface area contributed by atoms with E-state index in [0.29, 0.717) is 29.3 Å². The van der Waals surface area contributed by atoms with Gasteiger partial charge in [-0.25, -0.2) is 4.79 Å². The third-order valence-electron chi connectivity index (χ3n) is 4.69. The van der Waals surface area contributed by atoms with Crippen LogP contribution in [0.15, 0.2) is 60.8 Å². The highest BCUT2D eigenvalue weighted by molar-refractivity contribution is 6.08. The summed E-state index contributed by atoms with van der Waals surface area (Å²) < 4.78 is 12.4. The molecule has 0 aliphatic heterocycles. The summed E-state index contributed by atoms with van der Waals surface area (Å²) in [6.07, 6.45) is 5.76. The number of ether oxygens (including phenoxy) is 2. The number of carbonyl (C=O) groups is 2. The van der Waals surface area contributed by atoms with Gasteiger partial charge in [0.1, 0.15) is 11.5 Å². The Morgan fingerprint density at radius 1 is 1.00 bits per heavy atom. The molecule has 1 aromatic heterocycles. The first kappa shape index (κ1) is 21.9. The number of carbonyl (C=O) groups excluding carboxylic acids is 1. The Balaban J connectivity index is 1.78. The van der Waals surface area contributed by atoms with Crippen molar-refractivity contribution in [2.45, 2.75) is 20.4 Å². The van der Waals surface area contributed by atoms with Crippen LogP contribution in [0.3, 0.4) is 0 Å². The lowest BCUT2D eigenvalue weighted by atomic mass is 10.1. The van der Waals surface area contributed by atoms with E-state index in [0.717, 1.165) is 16.7 Å². The fraction of sp³-hybridized carbons (Fsp3) is 0.200. The molecular weight excluding hydrogens is 394 g/mol. The number of hydrogen-bond acceptors (Lipinski definition) is 4. The zero-order chi connectivity index (χ0) is 22.4. The van der Waals surface area contributed by atoms with Gasteiger partial charge in [-0.1, -0.05) is 42.0 Å². The normalized spacial score (nSPS) is 10.9. The van der Waals surface area contributed by atoms with Gasteiger partial charge in [-0.2, -0.15) is 0 Å². The van der Waals surface area contributed by atoms with Crippen LogP contribution in [-0.2, 0) is 11.3 Å². The summed E-state index contributed by atoms with van der Waals surface area (Å²) in [7, 11) is 1.54. The molecule has 0 amide bonds. The van der Waals surface area contributed by atoms with Crippen LogP contribution in [0.25, 0.3) is 6.08 Å². The number of aliphatic carboxylic acids is 1. The molecule has 6 nitrogen and oxygen atoms in total. The van der Waals surface area contributed by atoms with Crippen molar-refractivity contribution < 1.29 is 24.2 Å². The number of rotatable bonds is 9. The zero-order valence-corrected chi connectivity index (χ0v) is 17.8. The molecule has 0 atom stereocenters. The van der Waals surface area contributed by atoms with Crippen molar-refractivity contribution in [1.82, 2.24) is 4.57 Å². The third-order valence-corrected chi connectivity index (χ3v) is 4.69. The molecular formula is C25H25NO5. The molecule has 0 saturated carbocycles. The zero-order valence-electron chi connectivity index (χ0n) is 17.8. The highest BCUT2D eigenvalue weighted by atomic mass is 16.5. The summed E-state index contributed by atoms with van der Waals surface area (Å²) in [6.45, 7) is 4.02. The highest BCUT2D eigenvalue weighted by Gasteiger charge is 2.14. The summed E-state index contributed by atoms with van der Waals surface area (Å²) in [6, 6.07) is 14.6. The predicted molar refractivity (Wildman–Crippen MR) is 119 cm³/mol. The lowest BCUT2D eigenvalue weighted by molar-refractivity contribution is -0.139. The molecule has 1 N–H and O–H groups in total. The third kappa shape index (κ3) is 5.85. The predicted octanol–water partition coefficient (Wildman–Crippen LogP) is 4.52.